The molecule has 1 aliphatic rings. The molecule has 1 aromatic carbocycles. The molecule has 0 amide bonds. The smallest absolute Gasteiger partial charge is 0.123 e. The van der Waals surface area contributed by atoms with Crippen LogP contribution >= 0.6 is 0 Å². The van der Waals surface area contributed by atoms with Crippen LogP contribution in [0.15, 0.2) is 36.4 Å². The first-order chi connectivity index (χ1) is 6.74. The fraction of sp³-hybridized carbons (Fsp3) is 0.273. The Labute approximate surface area is 81.6 Å². The standard InChI is InChI=1S/C11H11FO2/c12-8-1-4-10(5-2-8)14-11-6-3-9(13)7-11/h1-6,9,11,13H,7H2/t9-,11-/m0/s1. The van der Waals surface area contributed by atoms with E-state index >= 15 is 0 Å². The molecule has 2 atom stereocenters. The second kappa shape index (κ2) is 3.80. The Bertz CT molecular complexity index is 332. The highest BCUT2D eigenvalue weighted by Crippen LogP contribution is 2.19. The van der Waals surface area contributed by atoms with Crippen molar-refractivity contribution >= 4 is 0 Å². The van der Waals surface area contributed by atoms with Crippen molar-refractivity contribution < 1.29 is 14.2 Å². The molecule has 1 aliphatic carbocycles. The highest BCUT2D eigenvalue weighted by molar-refractivity contribution is 5.23. The average Bonchev–Trinajstić information content (AvgIpc) is 2.56. The number of hydrogen-bond acceptors (Lipinski definition) is 2. The Morgan fingerprint density at radius 3 is 2.50 bits per heavy atom. The zero-order chi connectivity index (χ0) is 9.97. The van der Waals surface area contributed by atoms with Crippen molar-refractivity contribution in [3.05, 3.63) is 42.2 Å². The van der Waals surface area contributed by atoms with E-state index in [1.54, 1.807) is 18.2 Å². The number of rotatable bonds is 2. The van der Waals surface area contributed by atoms with Crippen molar-refractivity contribution in [2.24, 2.45) is 0 Å². The predicted octanol–water partition coefficient (Wildman–Crippen LogP) is 1.89. The maximum absolute atomic E-state index is 12.6. The highest BCUT2D eigenvalue weighted by atomic mass is 19.1. The summed E-state index contributed by atoms with van der Waals surface area (Å²) in [6.45, 7) is 0. The summed E-state index contributed by atoms with van der Waals surface area (Å²) in [7, 11) is 0. The van der Waals surface area contributed by atoms with Crippen LogP contribution in [-0.2, 0) is 0 Å². The Morgan fingerprint density at radius 2 is 1.93 bits per heavy atom. The topological polar surface area (TPSA) is 29.5 Å². The minimum absolute atomic E-state index is 0.101. The average molecular weight is 194 g/mol. The number of benzene rings is 1. The summed E-state index contributed by atoms with van der Waals surface area (Å²) in [6, 6.07) is 5.86. The van der Waals surface area contributed by atoms with Crippen molar-refractivity contribution in [2.75, 3.05) is 0 Å². The van der Waals surface area contributed by atoms with E-state index in [2.05, 4.69) is 0 Å². The molecule has 0 radical (unpaired) electrons. The molecule has 3 heteroatoms. The molecule has 0 saturated carbocycles. The number of aliphatic hydroxyl groups excluding tert-OH is 1. The molecule has 2 rings (SSSR count). The molecule has 0 heterocycles. The molecule has 0 saturated heterocycles. The van der Waals surface area contributed by atoms with Gasteiger partial charge in [0.2, 0.25) is 0 Å². The van der Waals surface area contributed by atoms with Crippen LogP contribution < -0.4 is 4.74 Å². The molecular weight excluding hydrogens is 183 g/mol. The van der Waals surface area contributed by atoms with Crippen LogP contribution in [0.2, 0.25) is 0 Å². The van der Waals surface area contributed by atoms with E-state index in [9.17, 15) is 9.50 Å². The molecule has 0 bridgehead atoms. The fourth-order valence-corrected chi connectivity index (χ4v) is 1.42. The van der Waals surface area contributed by atoms with E-state index in [0.717, 1.165) is 0 Å². The summed E-state index contributed by atoms with van der Waals surface area (Å²) in [4.78, 5) is 0. The van der Waals surface area contributed by atoms with Gasteiger partial charge in [0.1, 0.15) is 17.7 Å². The van der Waals surface area contributed by atoms with Gasteiger partial charge >= 0.3 is 0 Å². The Kier molecular flexibility index (Phi) is 2.50. The van der Waals surface area contributed by atoms with Gasteiger partial charge in [-0.15, -0.1) is 0 Å². The maximum atomic E-state index is 12.6. The highest BCUT2D eigenvalue weighted by Gasteiger charge is 2.17. The van der Waals surface area contributed by atoms with Crippen LogP contribution in [0.3, 0.4) is 0 Å². The minimum Gasteiger partial charge on any atom is -0.486 e. The number of ether oxygens (including phenoxy) is 1. The number of halogens is 1. The SMILES string of the molecule is O[C@H]1C=C[C@H](Oc2ccc(F)cc2)C1. The van der Waals surface area contributed by atoms with E-state index in [1.165, 1.54) is 12.1 Å². The molecule has 2 nitrogen and oxygen atoms in total. The maximum Gasteiger partial charge on any atom is 0.123 e. The second-order valence-electron chi connectivity index (χ2n) is 3.30. The quantitative estimate of drug-likeness (QED) is 0.728. The van der Waals surface area contributed by atoms with Crippen LogP contribution in [0, 0.1) is 5.82 Å². The molecule has 0 spiro atoms. The third kappa shape index (κ3) is 2.12. The van der Waals surface area contributed by atoms with E-state index in [1.807, 2.05) is 6.08 Å². The molecule has 14 heavy (non-hydrogen) atoms. The summed E-state index contributed by atoms with van der Waals surface area (Å²) in [5, 5.41) is 9.19. The Balaban J connectivity index is 1.98. The molecular formula is C11H11FO2. The van der Waals surface area contributed by atoms with Gasteiger partial charge in [-0.3, -0.25) is 0 Å². The van der Waals surface area contributed by atoms with Gasteiger partial charge < -0.3 is 9.84 Å². The first kappa shape index (κ1) is 9.21. The Morgan fingerprint density at radius 1 is 1.21 bits per heavy atom. The summed E-state index contributed by atoms with van der Waals surface area (Å²) in [5.41, 5.74) is 0. The van der Waals surface area contributed by atoms with E-state index in [4.69, 9.17) is 4.74 Å². The molecule has 0 aromatic heterocycles. The molecule has 0 unspecified atom stereocenters. The lowest BCUT2D eigenvalue weighted by atomic mass is 10.2. The third-order valence-electron chi connectivity index (χ3n) is 2.12. The van der Waals surface area contributed by atoms with Gasteiger partial charge in [0, 0.05) is 6.42 Å². The van der Waals surface area contributed by atoms with Crippen molar-refractivity contribution in [2.45, 2.75) is 18.6 Å². The molecule has 1 N–H and O–H groups in total. The van der Waals surface area contributed by atoms with Gasteiger partial charge in [-0.25, -0.2) is 4.39 Å². The lowest BCUT2D eigenvalue weighted by molar-refractivity contribution is 0.165. The fourth-order valence-electron chi connectivity index (χ4n) is 1.42. The first-order valence-corrected chi connectivity index (χ1v) is 4.52. The van der Waals surface area contributed by atoms with Gasteiger partial charge in [0.15, 0.2) is 0 Å². The normalized spacial score (nSPS) is 25.3. The van der Waals surface area contributed by atoms with Gasteiger partial charge in [-0.2, -0.15) is 0 Å². The van der Waals surface area contributed by atoms with Gasteiger partial charge in [0.05, 0.1) is 6.10 Å². The zero-order valence-electron chi connectivity index (χ0n) is 7.56. The van der Waals surface area contributed by atoms with Crippen LogP contribution in [0.25, 0.3) is 0 Å². The van der Waals surface area contributed by atoms with Gasteiger partial charge in [-0.1, -0.05) is 6.08 Å². The molecule has 0 fully saturated rings. The second-order valence-corrected chi connectivity index (χ2v) is 3.30. The Hall–Kier alpha value is -1.35. The monoisotopic (exact) mass is 194 g/mol. The van der Waals surface area contributed by atoms with Crippen LogP contribution in [0.4, 0.5) is 4.39 Å². The van der Waals surface area contributed by atoms with Crippen molar-refractivity contribution in [3.63, 3.8) is 0 Å². The number of hydrogen-bond donors (Lipinski definition) is 1. The van der Waals surface area contributed by atoms with Crippen molar-refractivity contribution in [1.29, 1.82) is 0 Å². The van der Waals surface area contributed by atoms with E-state index in [0.29, 0.717) is 12.2 Å². The van der Waals surface area contributed by atoms with Crippen LogP contribution in [0.5, 0.6) is 5.75 Å². The van der Waals surface area contributed by atoms with Crippen LogP contribution in [-0.4, -0.2) is 17.3 Å². The summed E-state index contributed by atoms with van der Waals surface area (Å²) < 4.78 is 18.0. The molecule has 74 valence electrons. The van der Waals surface area contributed by atoms with Gasteiger partial charge in [0.25, 0.3) is 0 Å². The molecule has 1 aromatic rings. The van der Waals surface area contributed by atoms with E-state index < -0.39 is 6.10 Å². The zero-order valence-corrected chi connectivity index (χ0v) is 7.56. The minimum atomic E-state index is -0.416. The summed E-state index contributed by atoms with van der Waals surface area (Å²) in [5.74, 6) is 0.342. The summed E-state index contributed by atoms with van der Waals surface area (Å²) in [6.07, 6.45) is 3.57. The number of aliphatic hydroxyl groups is 1. The molecule has 0 aliphatic heterocycles. The predicted molar refractivity (Wildman–Crippen MR) is 50.6 cm³/mol. The third-order valence-corrected chi connectivity index (χ3v) is 2.12. The largest absolute Gasteiger partial charge is 0.486 e. The summed E-state index contributed by atoms with van der Waals surface area (Å²) >= 11 is 0. The van der Waals surface area contributed by atoms with Crippen LogP contribution in [0.1, 0.15) is 6.42 Å². The first-order valence-electron chi connectivity index (χ1n) is 4.52. The van der Waals surface area contributed by atoms with Crippen molar-refractivity contribution in [3.8, 4) is 5.75 Å². The van der Waals surface area contributed by atoms with Gasteiger partial charge in [-0.05, 0) is 30.3 Å². The van der Waals surface area contributed by atoms with Crippen molar-refractivity contribution in [1.82, 2.24) is 0 Å². The lowest BCUT2D eigenvalue weighted by Crippen LogP contribution is -2.13. The lowest BCUT2D eigenvalue weighted by Gasteiger charge is -2.12. The van der Waals surface area contributed by atoms with E-state index in [-0.39, 0.29) is 11.9 Å².